The fraction of sp³-hybridized carbons (Fsp3) is 0.871. The number of nitrogens with zero attached hydrogens (tertiary/aromatic N) is 1. The van der Waals surface area contributed by atoms with E-state index in [-0.39, 0.29) is 40.6 Å². The number of amides is 1. The Morgan fingerprint density at radius 1 is 1.06 bits per heavy atom. The predicted molar refractivity (Wildman–Crippen MR) is 139 cm³/mol. The van der Waals surface area contributed by atoms with Gasteiger partial charge < -0.3 is 14.4 Å². The van der Waals surface area contributed by atoms with Crippen LogP contribution in [-0.4, -0.2) is 41.3 Å². The number of esters is 1. The van der Waals surface area contributed by atoms with Crippen molar-refractivity contribution in [2.24, 2.45) is 46.3 Å². The van der Waals surface area contributed by atoms with Crippen LogP contribution in [0.3, 0.4) is 0 Å². The van der Waals surface area contributed by atoms with E-state index in [2.05, 4.69) is 38.7 Å². The number of hydrogen-bond donors (Lipinski definition) is 0. The van der Waals surface area contributed by atoms with Crippen molar-refractivity contribution in [3.8, 4) is 0 Å². The Morgan fingerprint density at radius 3 is 2.56 bits per heavy atom. The highest BCUT2D eigenvalue weighted by molar-refractivity contribution is 5.74. The van der Waals surface area contributed by atoms with Gasteiger partial charge >= 0.3 is 5.97 Å². The van der Waals surface area contributed by atoms with Crippen molar-refractivity contribution in [1.82, 2.24) is 4.90 Å². The van der Waals surface area contributed by atoms with Crippen molar-refractivity contribution >= 4 is 11.9 Å². The average molecular weight is 498 g/mol. The monoisotopic (exact) mass is 497 g/mol. The molecule has 6 aliphatic rings. The number of piperidine rings is 1. The fourth-order valence-electron chi connectivity index (χ4n) is 10.8. The summed E-state index contributed by atoms with van der Waals surface area (Å²) in [6.45, 7) is 13.9. The fourth-order valence-corrected chi connectivity index (χ4v) is 10.8. The summed E-state index contributed by atoms with van der Waals surface area (Å²) >= 11 is 0. The molecule has 4 aliphatic carbocycles. The molecular weight excluding hydrogens is 450 g/mol. The SMILES string of the molecule is CC(=O)O[C@@H]1CC[C@@]2(C)C(=CC[C@@H]3[C@H]4C[C@@H]5O[C@]6(CC[C@H](C)CN6C(C)=O)[C@H](C)[C@@H]5[C@@]4(C)CC[C@H]32)C1. The molecule has 200 valence electrons. The highest BCUT2D eigenvalue weighted by atomic mass is 16.5. The molecular formula is C31H47NO4. The molecule has 5 fully saturated rings. The molecule has 5 nitrogen and oxygen atoms in total. The van der Waals surface area contributed by atoms with Gasteiger partial charge in [0.15, 0.2) is 0 Å². The molecule has 2 heterocycles. The number of hydrogen-bond acceptors (Lipinski definition) is 4. The number of carbonyl (C=O) groups excluding carboxylic acids is 2. The predicted octanol–water partition coefficient (Wildman–Crippen LogP) is 6.12. The van der Waals surface area contributed by atoms with Crippen LogP contribution < -0.4 is 0 Å². The zero-order chi connectivity index (χ0) is 25.6. The van der Waals surface area contributed by atoms with Crippen LogP contribution in [0.5, 0.6) is 0 Å². The van der Waals surface area contributed by atoms with Gasteiger partial charge in [-0.05, 0) is 91.8 Å². The topological polar surface area (TPSA) is 55.8 Å². The first kappa shape index (κ1) is 24.9. The first-order valence-electron chi connectivity index (χ1n) is 14.8. The first-order valence-corrected chi connectivity index (χ1v) is 14.8. The second kappa shape index (κ2) is 8.32. The van der Waals surface area contributed by atoms with E-state index in [9.17, 15) is 9.59 Å². The summed E-state index contributed by atoms with van der Waals surface area (Å²) in [6, 6.07) is 0. The van der Waals surface area contributed by atoms with Gasteiger partial charge in [-0.2, -0.15) is 0 Å². The van der Waals surface area contributed by atoms with E-state index in [1.54, 1.807) is 12.5 Å². The van der Waals surface area contributed by atoms with E-state index in [1.165, 1.54) is 26.2 Å². The molecule has 0 bridgehead atoms. The van der Waals surface area contributed by atoms with Gasteiger partial charge in [-0.3, -0.25) is 9.59 Å². The van der Waals surface area contributed by atoms with Crippen molar-refractivity contribution in [1.29, 1.82) is 0 Å². The normalized spacial score (nSPS) is 51.6. The summed E-state index contributed by atoms with van der Waals surface area (Å²) in [5.74, 6) is 3.64. The zero-order valence-electron chi connectivity index (χ0n) is 23.3. The van der Waals surface area contributed by atoms with E-state index in [1.807, 2.05) is 0 Å². The van der Waals surface area contributed by atoms with Crippen LogP contribution >= 0.6 is 0 Å². The first-order chi connectivity index (χ1) is 17.0. The Kier molecular flexibility index (Phi) is 5.76. The molecule has 11 atom stereocenters. The lowest BCUT2D eigenvalue weighted by Crippen LogP contribution is -2.60. The largest absolute Gasteiger partial charge is 0.462 e. The van der Waals surface area contributed by atoms with E-state index in [0.717, 1.165) is 56.9 Å². The highest BCUT2D eigenvalue weighted by Crippen LogP contribution is 2.70. The summed E-state index contributed by atoms with van der Waals surface area (Å²) in [4.78, 5) is 26.5. The van der Waals surface area contributed by atoms with Crippen LogP contribution in [-0.2, 0) is 19.1 Å². The van der Waals surface area contributed by atoms with E-state index >= 15 is 0 Å². The van der Waals surface area contributed by atoms with Crippen LogP contribution in [0.25, 0.3) is 0 Å². The van der Waals surface area contributed by atoms with Gasteiger partial charge in [0.25, 0.3) is 0 Å². The van der Waals surface area contributed by atoms with Crippen LogP contribution in [0.1, 0.15) is 99.3 Å². The van der Waals surface area contributed by atoms with Crippen LogP contribution in [0.4, 0.5) is 0 Å². The number of likely N-dealkylation sites (tertiary alicyclic amines) is 1. The maximum Gasteiger partial charge on any atom is 0.302 e. The second-order valence-electron chi connectivity index (χ2n) is 14.1. The second-order valence-corrected chi connectivity index (χ2v) is 14.1. The number of rotatable bonds is 1. The number of ether oxygens (including phenoxy) is 2. The van der Waals surface area contributed by atoms with E-state index in [0.29, 0.717) is 23.7 Å². The Morgan fingerprint density at radius 2 is 1.83 bits per heavy atom. The van der Waals surface area contributed by atoms with Gasteiger partial charge in [0.1, 0.15) is 11.8 Å². The van der Waals surface area contributed by atoms with Crippen molar-refractivity contribution in [2.45, 2.75) is 117 Å². The van der Waals surface area contributed by atoms with Crippen LogP contribution in [0.2, 0.25) is 0 Å². The average Bonchev–Trinajstić information content (AvgIpc) is 3.26. The molecule has 0 aromatic rings. The molecule has 0 aromatic heterocycles. The summed E-state index contributed by atoms with van der Waals surface area (Å²) in [5, 5.41) is 0. The van der Waals surface area contributed by atoms with E-state index in [4.69, 9.17) is 9.47 Å². The maximum absolute atomic E-state index is 12.8. The lowest BCUT2D eigenvalue weighted by molar-refractivity contribution is -0.200. The van der Waals surface area contributed by atoms with Crippen molar-refractivity contribution in [3.05, 3.63) is 11.6 Å². The molecule has 2 saturated heterocycles. The van der Waals surface area contributed by atoms with Gasteiger partial charge in [-0.25, -0.2) is 0 Å². The molecule has 0 unspecified atom stereocenters. The molecule has 36 heavy (non-hydrogen) atoms. The van der Waals surface area contributed by atoms with Crippen molar-refractivity contribution in [3.63, 3.8) is 0 Å². The third-order valence-corrected chi connectivity index (χ3v) is 12.4. The lowest BCUT2D eigenvalue weighted by Gasteiger charge is -2.59. The molecule has 0 radical (unpaired) electrons. The van der Waals surface area contributed by atoms with Crippen LogP contribution in [0, 0.1) is 46.3 Å². The third-order valence-electron chi connectivity index (χ3n) is 12.4. The third kappa shape index (κ3) is 3.36. The van der Waals surface area contributed by atoms with Crippen molar-refractivity contribution < 1.29 is 19.1 Å². The van der Waals surface area contributed by atoms with Gasteiger partial charge in [0.05, 0.1) is 6.10 Å². The standard InChI is InChI=1S/C31H47NO4/c1-18-9-14-31(32(17-18)20(3)33)19(2)28-27(36-31)16-26-24-8-7-22-15-23(35-21(4)34)10-12-29(22,5)25(24)11-13-30(26,28)6/h7,18-19,23-28H,8-17H2,1-6H3/t18-,19+,23+,24-,25+,26+,27-,28-,29-,30-,31+/m0/s1. The minimum atomic E-state index is -0.390. The Balaban J connectivity index is 1.26. The van der Waals surface area contributed by atoms with Gasteiger partial charge in [-0.15, -0.1) is 0 Å². The molecule has 3 saturated carbocycles. The van der Waals surface area contributed by atoms with Gasteiger partial charge in [0.2, 0.25) is 5.91 Å². The summed E-state index contributed by atoms with van der Waals surface area (Å²) < 4.78 is 12.7. The van der Waals surface area contributed by atoms with Gasteiger partial charge in [0, 0.05) is 32.7 Å². The summed E-state index contributed by atoms with van der Waals surface area (Å²) in [5.41, 5.74) is 1.70. The van der Waals surface area contributed by atoms with Crippen LogP contribution in [0.15, 0.2) is 11.6 Å². The maximum atomic E-state index is 12.8. The minimum absolute atomic E-state index is 0.0611. The Bertz CT molecular complexity index is 976. The number of allylic oxidation sites excluding steroid dienone is 1. The highest BCUT2D eigenvalue weighted by Gasteiger charge is 2.69. The number of carbonyl (C=O) groups is 2. The Labute approximate surface area is 217 Å². The van der Waals surface area contributed by atoms with Gasteiger partial charge in [-0.1, -0.05) is 39.3 Å². The molecule has 2 aliphatic heterocycles. The molecule has 0 N–H and O–H groups in total. The lowest BCUT2D eigenvalue weighted by atomic mass is 9.46. The molecule has 5 heteroatoms. The van der Waals surface area contributed by atoms with E-state index < -0.39 is 0 Å². The molecule has 1 amide bonds. The molecule has 6 rings (SSSR count). The minimum Gasteiger partial charge on any atom is -0.462 e. The van der Waals surface area contributed by atoms with Crippen molar-refractivity contribution in [2.75, 3.05) is 6.54 Å². The zero-order valence-corrected chi connectivity index (χ0v) is 23.3. The Hall–Kier alpha value is -1.36. The quantitative estimate of drug-likeness (QED) is 0.324. The smallest absolute Gasteiger partial charge is 0.302 e. The number of fused-ring (bicyclic) bond motifs is 7. The summed E-state index contributed by atoms with van der Waals surface area (Å²) in [7, 11) is 0. The molecule has 1 spiro atoms. The molecule has 0 aromatic carbocycles. The summed E-state index contributed by atoms with van der Waals surface area (Å²) in [6.07, 6.45) is 13.0.